The molecular weight excluding hydrogens is 392 g/mol. The minimum absolute atomic E-state index is 0.0179. The Bertz CT molecular complexity index is 895. The molecule has 31 heavy (non-hydrogen) atoms. The van der Waals surface area contributed by atoms with Crippen LogP contribution in [-0.4, -0.2) is 61.0 Å². The zero-order valence-electron chi connectivity index (χ0n) is 18.7. The summed E-state index contributed by atoms with van der Waals surface area (Å²) in [6.07, 6.45) is 1.13. The molecule has 0 unspecified atom stereocenters. The smallest absolute Gasteiger partial charge is 0.260 e. The van der Waals surface area contributed by atoms with Crippen molar-refractivity contribution in [2.75, 3.05) is 39.4 Å². The van der Waals surface area contributed by atoms with Crippen LogP contribution in [-0.2, 0) is 16.0 Å². The largest absolute Gasteiger partial charge is 0.494 e. The fraction of sp³-hybridized carbons (Fsp3) is 0.440. The van der Waals surface area contributed by atoms with Crippen molar-refractivity contribution in [1.29, 1.82) is 0 Å². The third-order valence-electron chi connectivity index (χ3n) is 5.47. The van der Waals surface area contributed by atoms with Crippen LogP contribution >= 0.6 is 0 Å². The molecular formula is C25H32N2O4. The molecule has 0 aromatic heterocycles. The van der Waals surface area contributed by atoms with E-state index in [0.29, 0.717) is 39.2 Å². The number of carbonyl (C=O) groups excluding carboxylic acids is 2. The number of hydrogen-bond donors (Lipinski definition) is 0. The molecule has 6 nitrogen and oxygen atoms in total. The first-order chi connectivity index (χ1) is 15.0. The lowest BCUT2D eigenvalue weighted by atomic mass is 10.1. The second kappa shape index (κ2) is 10.8. The molecule has 0 N–H and O–H groups in total. The molecule has 2 aromatic rings. The van der Waals surface area contributed by atoms with E-state index in [0.717, 1.165) is 29.0 Å². The molecule has 0 aliphatic carbocycles. The Labute approximate surface area is 184 Å². The van der Waals surface area contributed by atoms with Crippen molar-refractivity contribution in [2.45, 2.75) is 33.6 Å². The van der Waals surface area contributed by atoms with Crippen molar-refractivity contribution >= 4 is 11.8 Å². The first kappa shape index (κ1) is 22.7. The normalized spacial score (nSPS) is 14.2. The Morgan fingerprint density at radius 3 is 2.19 bits per heavy atom. The van der Waals surface area contributed by atoms with Gasteiger partial charge in [0.25, 0.3) is 5.91 Å². The fourth-order valence-corrected chi connectivity index (χ4v) is 3.76. The van der Waals surface area contributed by atoms with Crippen LogP contribution in [0.1, 0.15) is 30.0 Å². The summed E-state index contributed by atoms with van der Waals surface area (Å²) >= 11 is 0. The number of carbonyl (C=O) groups is 2. The molecule has 1 aliphatic rings. The molecule has 2 aromatic carbocycles. The third-order valence-corrected chi connectivity index (χ3v) is 5.47. The predicted octanol–water partition coefficient (Wildman–Crippen LogP) is 3.38. The summed E-state index contributed by atoms with van der Waals surface area (Å²) in [6.45, 7) is 8.98. The number of rotatable bonds is 7. The summed E-state index contributed by atoms with van der Waals surface area (Å²) in [6, 6.07) is 13.6. The van der Waals surface area contributed by atoms with Gasteiger partial charge in [-0.15, -0.1) is 0 Å². The molecule has 3 rings (SSSR count). The number of hydrogen-bond acceptors (Lipinski definition) is 4. The highest BCUT2D eigenvalue weighted by atomic mass is 16.5. The van der Waals surface area contributed by atoms with E-state index in [9.17, 15) is 9.59 Å². The lowest BCUT2D eigenvalue weighted by Gasteiger charge is -2.22. The Kier molecular flexibility index (Phi) is 7.93. The molecule has 1 aliphatic heterocycles. The van der Waals surface area contributed by atoms with E-state index in [1.807, 2.05) is 68.1 Å². The minimum atomic E-state index is -0.0409. The average Bonchev–Trinajstić information content (AvgIpc) is 3.01. The number of aryl methyl sites for hydroxylation is 2. The summed E-state index contributed by atoms with van der Waals surface area (Å²) in [5.74, 6) is 1.59. The van der Waals surface area contributed by atoms with Crippen molar-refractivity contribution in [2.24, 2.45) is 0 Å². The lowest BCUT2D eigenvalue weighted by molar-refractivity contribution is -0.134. The van der Waals surface area contributed by atoms with Crippen molar-refractivity contribution in [1.82, 2.24) is 9.80 Å². The third kappa shape index (κ3) is 6.48. The Morgan fingerprint density at radius 2 is 1.55 bits per heavy atom. The van der Waals surface area contributed by atoms with Crippen LogP contribution < -0.4 is 9.47 Å². The summed E-state index contributed by atoms with van der Waals surface area (Å²) in [7, 11) is 0. The molecule has 0 radical (unpaired) electrons. The van der Waals surface area contributed by atoms with Gasteiger partial charge in [0.2, 0.25) is 5.91 Å². The van der Waals surface area contributed by atoms with Gasteiger partial charge in [-0.3, -0.25) is 9.59 Å². The Morgan fingerprint density at radius 1 is 0.871 bits per heavy atom. The van der Waals surface area contributed by atoms with Gasteiger partial charge in [0.15, 0.2) is 6.61 Å². The van der Waals surface area contributed by atoms with Crippen molar-refractivity contribution in [3.63, 3.8) is 0 Å². The fourth-order valence-electron chi connectivity index (χ4n) is 3.76. The van der Waals surface area contributed by atoms with E-state index >= 15 is 0 Å². The molecule has 1 fully saturated rings. The maximum atomic E-state index is 12.7. The predicted molar refractivity (Wildman–Crippen MR) is 121 cm³/mol. The number of benzene rings is 2. The summed E-state index contributed by atoms with van der Waals surface area (Å²) in [5, 5.41) is 0. The van der Waals surface area contributed by atoms with Gasteiger partial charge in [-0.1, -0.05) is 29.8 Å². The van der Waals surface area contributed by atoms with Gasteiger partial charge in [0.1, 0.15) is 11.5 Å². The van der Waals surface area contributed by atoms with Gasteiger partial charge < -0.3 is 19.3 Å². The van der Waals surface area contributed by atoms with Crippen LogP contribution in [0.4, 0.5) is 0 Å². The van der Waals surface area contributed by atoms with Crippen LogP contribution in [0.5, 0.6) is 11.5 Å². The van der Waals surface area contributed by atoms with E-state index < -0.39 is 0 Å². The van der Waals surface area contributed by atoms with E-state index in [1.165, 1.54) is 5.56 Å². The van der Waals surface area contributed by atoms with Gasteiger partial charge in [0.05, 0.1) is 13.0 Å². The Hall–Kier alpha value is -3.02. The molecule has 166 valence electrons. The van der Waals surface area contributed by atoms with E-state index in [-0.39, 0.29) is 18.4 Å². The highest BCUT2D eigenvalue weighted by Gasteiger charge is 2.22. The van der Waals surface area contributed by atoms with Crippen LogP contribution in [0.25, 0.3) is 0 Å². The van der Waals surface area contributed by atoms with Crippen molar-refractivity contribution in [3.05, 3.63) is 59.2 Å². The first-order valence-corrected chi connectivity index (χ1v) is 10.9. The highest BCUT2D eigenvalue weighted by Crippen LogP contribution is 2.19. The van der Waals surface area contributed by atoms with Gasteiger partial charge >= 0.3 is 0 Å². The van der Waals surface area contributed by atoms with Crippen LogP contribution in [0, 0.1) is 13.8 Å². The monoisotopic (exact) mass is 424 g/mol. The average molecular weight is 425 g/mol. The number of ether oxygens (including phenoxy) is 2. The van der Waals surface area contributed by atoms with Crippen LogP contribution in [0.15, 0.2) is 42.5 Å². The molecule has 0 atom stereocenters. The standard InChI is InChI=1S/C25H32N2O4/c1-4-30-22-9-7-21(8-10-22)17-24(28)26-12-5-13-27(15-14-26)25(29)18-31-23-11-6-19(2)16-20(23)3/h6-11,16H,4-5,12-15,17-18H2,1-3H3. The van der Waals surface area contributed by atoms with Gasteiger partial charge in [-0.25, -0.2) is 0 Å². The van der Waals surface area contributed by atoms with Crippen molar-refractivity contribution in [3.8, 4) is 11.5 Å². The SMILES string of the molecule is CCOc1ccc(CC(=O)N2CCCN(C(=O)COc3ccc(C)cc3C)CC2)cc1. The Balaban J connectivity index is 1.48. The quantitative estimate of drug-likeness (QED) is 0.684. The highest BCUT2D eigenvalue weighted by molar-refractivity contribution is 5.80. The molecule has 0 saturated carbocycles. The zero-order chi connectivity index (χ0) is 22.2. The van der Waals surface area contributed by atoms with Gasteiger partial charge in [-0.05, 0) is 56.5 Å². The summed E-state index contributed by atoms with van der Waals surface area (Å²) < 4.78 is 11.2. The summed E-state index contributed by atoms with van der Waals surface area (Å²) in [5.41, 5.74) is 3.15. The summed E-state index contributed by atoms with van der Waals surface area (Å²) in [4.78, 5) is 29.0. The zero-order valence-corrected chi connectivity index (χ0v) is 18.7. The van der Waals surface area contributed by atoms with Crippen molar-refractivity contribution < 1.29 is 19.1 Å². The van der Waals surface area contributed by atoms with Crippen LogP contribution in [0.3, 0.4) is 0 Å². The molecule has 0 spiro atoms. The topological polar surface area (TPSA) is 59.1 Å². The van der Waals surface area contributed by atoms with Gasteiger partial charge in [0, 0.05) is 26.2 Å². The van der Waals surface area contributed by atoms with E-state index in [1.54, 1.807) is 4.90 Å². The molecule has 0 bridgehead atoms. The molecule has 2 amide bonds. The minimum Gasteiger partial charge on any atom is -0.494 e. The molecule has 6 heteroatoms. The second-order valence-corrected chi connectivity index (χ2v) is 7.93. The first-order valence-electron chi connectivity index (χ1n) is 10.9. The second-order valence-electron chi connectivity index (χ2n) is 7.93. The van der Waals surface area contributed by atoms with Gasteiger partial charge in [-0.2, -0.15) is 0 Å². The number of amides is 2. The van der Waals surface area contributed by atoms with E-state index in [4.69, 9.17) is 9.47 Å². The van der Waals surface area contributed by atoms with E-state index in [2.05, 4.69) is 0 Å². The molecule has 1 saturated heterocycles. The van der Waals surface area contributed by atoms with Crippen LogP contribution in [0.2, 0.25) is 0 Å². The maximum Gasteiger partial charge on any atom is 0.260 e. The number of nitrogens with zero attached hydrogens (tertiary/aromatic N) is 2. The lowest BCUT2D eigenvalue weighted by Crippen LogP contribution is -2.39. The maximum absolute atomic E-state index is 12.7. The molecule has 1 heterocycles.